The van der Waals surface area contributed by atoms with E-state index in [0.717, 1.165) is 23.1 Å². The van der Waals surface area contributed by atoms with Crippen molar-refractivity contribution >= 4 is 44.2 Å². The molecule has 1 N–H and O–H groups in total. The topological polar surface area (TPSA) is 24.9 Å². The van der Waals surface area contributed by atoms with Gasteiger partial charge in [0.25, 0.3) is 0 Å². The second kappa shape index (κ2) is 6.35. The Hall–Kier alpha value is -0.620. The third-order valence-corrected chi connectivity index (χ3v) is 4.74. The van der Waals surface area contributed by atoms with Gasteiger partial charge in [-0.3, -0.25) is 4.98 Å². The molecule has 0 aliphatic carbocycles. The Morgan fingerprint density at radius 1 is 1.18 bits per heavy atom. The van der Waals surface area contributed by atoms with Gasteiger partial charge in [-0.1, -0.05) is 0 Å². The van der Waals surface area contributed by atoms with E-state index in [1.165, 1.54) is 9.13 Å². The van der Waals surface area contributed by atoms with Gasteiger partial charge in [0.15, 0.2) is 0 Å². The number of hydrogen-bond donors (Lipinski definition) is 1. The number of aromatic nitrogens is 1. The predicted molar refractivity (Wildman–Crippen MR) is 83.3 cm³/mol. The van der Waals surface area contributed by atoms with Crippen LogP contribution in [0.15, 0.2) is 47.2 Å². The van der Waals surface area contributed by atoms with Gasteiger partial charge in [0.1, 0.15) is 0 Å². The first-order valence-electron chi connectivity index (χ1n) is 5.33. The third-order valence-electron chi connectivity index (χ3n) is 2.41. The van der Waals surface area contributed by atoms with Gasteiger partial charge >= 0.3 is 0 Å². The maximum absolute atomic E-state index is 4.01. The van der Waals surface area contributed by atoms with Crippen molar-refractivity contribution in [2.75, 3.05) is 11.9 Å². The molecule has 2 aromatic rings. The second-order valence-electron chi connectivity index (χ2n) is 3.66. The average Bonchev–Trinajstić information content (AvgIpc) is 2.35. The fourth-order valence-electron chi connectivity index (χ4n) is 1.51. The Kier molecular flexibility index (Phi) is 4.79. The van der Waals surface area contributed by atoms with Gasteiger partial charge in [-0.2, -0.15) is 0 Å². The Balaban J connectivity index is 1.88. The van der Waals surface area contributed by atoms with Crippen molar-refractivity contribution in [3.63, 3.8) is 0 Å². The summed E-state index contributed by atoms with van der Waals surface area (Å²) in [5.74, 6) is 0. The second-order valence-corrected chi connectivity index (χ2v) is 5.68. The van der Waals surface area contributed by atoms with E-state index in [1.54, 1.807) is 0 Å². The summed E-state index contributed by atoms with van der Waals surface area (Å²) in [6, 6.07) is 10.4. The predicted octanol–water partition coefficient (Wildman–Crippen LogP) is 4.10. The number of pyridine rings is 1. The Bertz CT molecular complexity index is 488. The maximum atomic E-state index is 4.01. The Morgan fingerprint density at radius 3 is 2.65 bits per heavy atom. The third kappa shape index (κ3) is 3.96. The molecular weight excluding hydrogens is 391 g/mol. The first-order chi connectivity index (χ1) is 8.25. The lowest BCUT2D eigenvalue weighted by Crippen LogP contribution is -2.04. The molecule has 1 aromatic heterocycles. The minimum Gasteiger partial charge on any atom is -0.385 e. The zero-order valence-electron chi connectivity index (χ0n) is 9.16. The van der Waals surface area contributed by atoms with E-state index in [1.807, 2.05) is 24.5 Å². The first-order valence-corrected chi connectivity index (χ1v) is 7.21. The number of nitrogens with one attached hydrogen (secondary N) is 1. The van der Waals surface area contributed by atoms with E-state index in [-0.39, 0.29) is 0 Å². The van der Waals surface area contributed by atoms with Crippen LogP contribution in [0.5, 0.6) is 0 Å². The van der Waals surface area contributed by atoms with E-state index in [2.05, 4.69) is 67.0 Å². The van der Waals surface area contributed by atoms with Crippen LogP contribution < -0.4 is 5.32 Å². The van der Waals surface area contributed by atoms with Gasteiger partial charge < -0.3 is 5.32 Å². The number of anilines is 1. The number of rotatable bonds is 4. The lowest BCUT2D eigenvalue weighted by atomic mass is 10.2. The van der Waals surface area contributed by atoms with E-state index in [0.29, 0.717) is 0 Å². The lowest BCUT2D eigenvalue weighted by Gasteiger charge is -2.07. The van der Waals surface area contributed by atoms with Gasteiger partial charge in [0.2, 0.25) is 0 Å². The molecule has 17 heavy (non-hydrogen) atoms. The summed E-state index contributed by atoms with van der Waals surface area (Å²) in [5, 5.41) is 3.42. The number of halogens is 2. The summed E-state index contributed by atoms with van der Waals surface area (Å²) in [5.41, 5.74) is 2.46. The zero-order valence-corrected chi connectivity index (χ0v) is 12.9. The molecule has 0 unspecified atom stereocenters. The molecule has 0 saturated heterocycles. The monoisotopic (exact) mass is 402 g/mol. The van der Waals surface area contributed by atoms with Crippen LogP contribution in [0, 0.1) is 3.57 Å². The van der Waals surface area contributed by atoms with Crippen LogP contribution >= 0.6 is 38.5 Å². The fourth-order valence-corrected chi connectivity index (χ4v) is 2.27. The van der Waals surface area contributed by atoms with Gasteiger partial charge in [-0.25, -0.2) is 0 Å². The number of benzene rings is 1. The van der Waals surface area contributed by atoms with Crippen LogP contribution in [-0.4, -0.2) is 11.5 Å². The molecule has 0 radical (unpaired) electrons. The molecule has 2 rings (SSSR count). The zero-order chi connectivity index (χ0) is 12.1. The summed E-state index contributed by atoms with van der Waals surface area (Å²) >= 11 is 5.81. The van der Waals surface area contributed by atoms with Gasteiger partial charge in [0, 0.05) is 32.7 Å². The largest absolute Gasteiger partial charge is 0.385 e. The van der Waals surface area contributed by atoms with Gasteiger partial charge in [0.05, 0.1) is 0 Å². The molecule has 0 amide bonds. The van der Waals surface area contributed by atoms with Crippen molar-refractivity contribution in [1.82, 2.24) is 4.98 Å². The smallest absolute Gasteiger partial charge is 0.0351 e. The molecule has 0 saturated carbocycles. The van der Waals surface area contributed by atoms with Crippen LogP contribution in [-0.2, 0) is 6.42 Å². The van der Waals surface area contributed by atoms with Crippen molar-refractivity contribution in [3.05, 3.63) is 56.3 Å². The highest BCUT2D eigenvalue weighted by molar-refractivity contribution is 14.1. The minimum atomic E-state index is 0.932. The number of hydrogen-bond acceptors (Lipinski definition) is 2. The number of nitrogens with zero attached hydrogens (tertiary/aromatic N) is 1. The molecule has 0 atom stereocenters. The lowest BCUT2D eigenvalue weighted by molar-refractivity contribution is 1.01. The van der Waals surface area contributed by atoms with Crippen LogP contribution in [0.3, 0.4) is 0 Å². The molecule has 0 spiro atoms. The van der Waals surface area contributed by atoms with Crippen molar-refractivity contribution in [2.24, 2.45) is 0 Å². The van der Waals surface area contributed by atoms with E-state index >= 15 is 0 Å². The summed E-state index contributed by atoms with van der Waals surface area (Å²) in [6.07, 6.45) is 4.67. The highest BCUT2D eigenvalue weighted by Crippen LogP contribution is 2.22. The molecular formula is C13H12BrIN2. The van der Waals surface area contributed by atoms with E-state index in [4.69, 9.17) is 0 Å². The average molecular weight is 403 g/mol. The quantitative estimate of drug-likeness (QED) is 0.778. The normalized spacial score (nSPS) is 10.2. The Morgan fingerprint density at radius 2 is 1.94 bits per heavy atom. The first kappa shape index (κ1) is 12.8. The molecule has 2 nitrogen and oxygen atoms in total. The van der Waals surface area contributed by atoms with Crippen molar-refractivity contribution in [1.29, 1.82) is 0 Å². The van der Waals surface area contributed by atoms with Gasteiger partial charge in [-0.15, -0.1) is 0 Å². The van der Waals surface area contributed by atoms with Crippen LogP contribution in [0.1, 0.15) is 5.56 Å². The Labute approximate surface area is 123 Å². The molecule has 88 valence electrons. The summed E-state index contributed by atoms with van der Waals surface area (Å²) in [4.78, 5) is 4.01. The standard InChI is InChI=1S/C13H12BrIN2/c14-12-2-1-11(9-13(12)15)17-8-5-10-3-6-16-7-4-10/h1-4,6-7,9,17H,5,8H2. The molecule has 0 aliphatic heterocycles. The van der Waals surface area contributed by atoms with E-state index in [9.17, 15) is 0 Å². The molecule has 0 bridgehead atoms. The molecule has 0 aliphatic rings. The molecule has 0 fully saturated rings. The van der Waals surface area contributed by atoms with Crippen molar-refractivity contribution in [2.45, 2.75) is 6.42 Å². The summed E-state index contributed by atoms with van der Waals surface area (Å²) in [6.45, 7) is 0.932. The van der Waals surface area contributed by atoms with Crippen LogP contribution in [0.2, 0.25) is 0 Å². The summed E-state index contributed by atoms with van der Waals surface area (Å²) in [7, 11) is 0. The van der Waals surface area contributed by atoms with Crippen molar-refractivity contribution < 1.29 is 0 Å². The van der Waals surface area contributed by atoms with Crippen molar-refractivity contribution in [3.8, 4) is 0 Å². The van der Waals surface area contributed by atoms with Gasteiger partial charge in [-0.05, 0) is 80.8 Å². The molecule has 1 aromatic carbocycles. The van der Waals surface area contributed by atoms with E-state index < -0.39 is 0 Å². The highest BCUT2D eigenvalue weighted by Gasteiger charge is 1.98. The summed E-state index contributed by atoms with van der Waals surface area (Å²) < 4.78 is 2.36. The highest BCUT2D eigenvalue weighted by atomic mass is 127. The van der Waals surface area contributed by atoms with Crippen LogP contribution in [0.25, 0.3) is 0 Å². The minimum absolute atomic E-state index is 0.932. The molecule has 4 heteroatoms. The molecule has 1 heterocycles. The maximum Gasteiger partial charge on any atom is 0.0351 e. The fraction of sp³-hybridized carbons (Fsp3) is 0.154. The van der Waals surface area contributed by atoms with Crippen LogP contribution in [0.4, 0.5) is 5.69 Å². The SMILES string of the molecule is Brc1ccc(NCCc2ccncc2)cc1I.